The maximum Gasteiger partial charge on any atom is 0.227 e. The predicted octanol–water partition coefficient (Wildman–Crippen LogP) is 9.01. The molecule has 0 saturated carbocycles. The Balaban J connectivity index is 1.01. The van der Waals surface area contributed by atoms with Gasteiger partial charge in [-0.15, -0.1) is 0 Å². The number of benzene rings is 3. The van der Waals surface area contributed by atoms with Crippen molar-refractivity contribution in [1.82, 2.24) is 24.8 Å². The lowest BCUT2D eigenvalue weighted by Gasteiger charge is -2.36. The van der Waals surface area contributed by atoms with Crippen molar-refractivity contribution in [3.8, 4) is 28.7 Å². The number of fused-ring (bicyclic) bond motifs is 3. The number of piperidine rings is 1. The first-order valence-electron chi connectivity index (χ1n) is 19.6. The molecule has 0 radical (unpaired) electrons. The monoisotopic (exact) mass is 717 g/mol. The summed E-state index contributed by atoms with van der Waals surface area (Å²) in [6, 6.07) is 21.8. The Bertz CT molecular complexity index is 2420. The van der Waals surface area contributed by atoms with Gasteiger partial charge in [-0.05, 0) is 134 Å². The molecule has 9 nitrogen and oxygen atoms in total. The second kappa shape index (κ2) is 14.3. The van der Waals surface area contributed by atoms with E-state index in [0.29, 0.717) is 35.4 Å². The highest BCUT2D eigenvalue weighted by atomic mass is 16.3. The molecule has 2 aliphatic heterocycles. The Morgan fingerprint density at radius 3 is 2.52 bits per heavy atom. The molecule has 0 spiro atoms. The van der Waals surface area contributed by atoms with E-state index in [1.807, 2.05) is 18.5 Å². The van der Waals surface area contributed by atoms with Crippen LogP contribution in [-0.4, -0.2) is 62.1 Å². The minimum atomic E-state index is -0.240. The van der Waals surface area contributed by atoms with E-state index < -0.39 is 0 Å². The summed E-state index contributed by atoms with van der Waals surface area (Å²) < 4.78 is 6.52. The first kappa shape index (κ1) is 34.6. The molecule has 1 aliphatic carbocycles. The summed E-state index contributed by atoms with van der Waals surface area (Å²) in [6.45, 7) is 11.2. The molecule has 3 aliphatic rings. The molecule has 0 bridgehead atoms. The molecule has 0 unspecified atom stereocenters. The third kappa shape index (κ3) is 6.22. The van der Waals surface area contributed by atoms with Crippen LogP contribution in [0.15, 0.2) is 71.4 Å². The number of pyridine rings is 2. The van der Waals surface area contributed by atoms with Crippen LogP contribution in [0.3, 0.4) is 0 Å². The third-order valence-electron chi connectivity index (χ3n) is 12.4. The van der Waals surface area contributed by atoms with Crippen LogP contribution in [0.5, 0.6) is 0 Å². The highest BCUT2D eigenvalue weighted by Gasteiger charge is 2.34. The highest BCUT2D eigenvalue weighted by molar-refractivity contribution is 5.91. The Hall–Kier alpha value is -5.14. The number of hydrogen-bond acceptors (Lipinski definition) is 9. The van der Waals surface area contributed by atoms with Crippen LogP contribution in [-0.2, 0) is 13.0 Å². The minimum absolute atomic E-state index is 0.240. The van der Waals surface area contributed by atoms with Crippen LogP contribution in [0.2, 0.25) is 0 Å². The third-order valence-corrected chi connectivity index (χ3v) is 12.4. The van der Waals surface area contributed by atoms with Crippen LogP contribution in [0.4, 0.5) is 11.5 Å². The van der Waals surface area contributed by atoms with Crippen molar-refractivity contribution in [3.05, 3.63) is 100 Å². The van der Waals surface area contributed by atoms with Crippen LogP contribution >= 0.6 is 0 Å². The van der Waals surface area contributed by atoms with E-state index in [-0.39, 0.29) is 6.10 Å². The maximum absolute atomic E-state index is 10.4. The van der Waals surface area contributed by atoms with Crippen LogP contribution < -0.4 is 5.32 Å². The quantitative estimate of drug-likeness (QED) is 0.159. The average molecular weight is 718 g/mol. The van der Waals surface area contributed by atoms with Gasteiger partial charge >= 0.3 is 0 Å². The van der Waals surface area contributed by atoms with E-state index in [0.717, 1.165) is 112 Å². The first-order chi connectivity index (χ1) is 26.4. The SMILES string of the molecule is CCC1CCN([C@@H]2CCc3c2cc2nc(-c4cccc(-c5cccc(Nc6nccc7cc(CN8CC[C@@H](O)C8)cnc67)c5C)c4C)oc2c3C#N)CC1. The molecule has 2 saturated heterocycles. The number of hydrogen-bond donors (Lipinski definition) is 2. The highest BCUT2D eigenvalue weighted by Crippen LogP contribution is 2.44. The number of β-amino-alcohol motifs (C(OH)–C–C–N with tert-alkyl or cyclic N) is 1. The van der Waals surface area contributed by atoms with E-state index in [1.165, 1.54) is 24.8 Å². The molecule has 0 amide bonds. The van der Waals surface area contributed by atoms with Crippen LogP contribution in [0.25, 0.3) is 44.6 Å². The summed E-state index contributed by atoms with van der Waals surface area (Å²) in [6.07, 6.45) is 10.0. The predicted molar refractivity (Wildman–Crippen MR) is 213 cm³/mol. The fourth-order valence-corrected chi connectivity index (χ4v) is 9.26. The van der Waals surface area contributed by atoms with E-state index in [9.17, 15) is 10.4 Å². The van der Waals surface area contributed by atoms with E-state index in [2.05, 4.69) is 90.5 Å². The standard InChI is InChI=1S/C45H47N7O2/c1-4-29-14-19-52(20-15-29)41-12-11-36-37(41)22-40-43(38(36)23-46)54-45(50-40)35-9-5-7-33(27(35)2)34-8-6-10-39(28(34)3)49-44-42-31(13-17-47-44)21-30(24-48-42)25-51-18-16-32(53)26-51/h5-10,13,17,21-22,24,29,32,41,53H,4,11-12,14-16,18-20,25-26H2,1-3H3,(H,47,49)/t32-,41-/m1/s1. The van der Waals surface area contributed by atoms with E-state index >= 15 is 0 Å². The number of nitrogens with zero attached hydrogens (tertiary/aromatic N) is 6. The van der Waals surface area contributed by atoms with Crippen molar-refractivity contribution in [2.45, 2.75) is 78.0 Å². The molecule has 5 heterocycles. The summed E-state index contributed by atoms with van der Waals surface area (Å²) in [5.74, 6) is 2.08. The zero-order chi connectivity index (χ0) is 36.9. The molecular formula is C45H47N7O2. The second-order valence-corrected chi connectivity index (χ2v) is 15.6. The van der Waals surface area contributed by atoms with E-state index in [1.54, 1.807) is 0 Å². The molecule has 54 heavy (non-hydrogen) atoms. The van der Waals surface area contributed by atoms with Gasteiger partial charge in [0.1, 0.15) is 22.7 Å². The molecule has 3 aromatic carbocycles. The van der Waals surface area contributed by atoms with E-state index in [4.69, 9.17) is 19.4 Å². The molecule has 9 rings (SSSR count). The van der Waals surface area contributed by atoms with Crippen molar-refractivity contribution < 1.29 is 9.52 Å². The van der Waals surface area contributed by atoms with Crippen molar-refractivity contribution in [3.63, 3.8) is 0 Å². The number of aliphatic hydroxyl groups is 1. The number of oxazole rings is 1. The number of rotatable bonds is 8. The number of nitriles is 1. The Morgan fingerprint density at radius 1 is 0.944 bits per heavy atom. The van der Waals surface area contributed by atoms with Gasteiger partial charge in [0.05, 0.1) is 6.10 Å². The summed E-state index contributed by atoms with van der Waals surface area (Å²) >= 11 is 0. The van der Waals surface area contributed by atoms with Gasteiger partial charge in [-0.2, -0.15) is 5.26 Å². The van der Waals surface area contributed by atoms with Crippen molar-refractivity contribution in [2.75, 3.05) is 31.5 Å². The fraction of sp³-hybridized carbons (Fsp3) is 0.378. The smallest absolute Gasteiger partial charge is 0.227 e. The lowest BCUT2D eigenvalue weighted by atomic mass is 9.92. The summed E-state index contributed by atoms with van der Waals surface area (Å²) in [4.78, 5) is 19.5. The average Bonchev–Trinajstić information content (AvgIpc) is 3.93. The van der Waals surface area contributed by atoms with Crippen molar-refractivity contribution >= 4 is 33.5 Å². The summed E-state index contributed by atoms with van der Waals surface area (Å²) in [5, 5.41) is 25.0. The summed E-state index contributed by atoms with van der Waals surface area (Å²) in [7, 11) is 0. The largest absolute Gasteiger partial charge is 0.435 e. The zero-order valence-electron chi connectivity index (χ0n) is 31.4. The number of nitrogens with one attached hydrogen (secondary N) is 1. The molecular weight excluding hydrogens is 671 g/mol. The first-order valence-corrected chi connectivity index (χ1v) is 19.6. The van der Waals surface area contributed by atoms with Crippen molar-refractivity contribution in [1.29, 1.82) is 5.26 Å². The van der Waals surface area contributed by atoms with Gasteiger partial charge in [-0.25, -0.2) is 9.97 Å². The van der Waals surface area contributed by atoms with Gasteiger partial charge in [-0.1, -0.05) is 37.6 Å². The van der Waals surface area contributed by atoms with Gasteiger partial charge < -0.3 is 14.8 Å². The molecule has 2 fully saturated rings. The fourth-order valence-electron chi connectivity index (χ4n) is 9.26. The topological polar surface area (TPSA) is 114 Å². The van der Waals surface area contributed by atoms with Gasteiger partial charge in [0, 0.05) is 54.7 Å². The van der Waals surface area contributed by atoms with Gasteiger partial charge in [0.25, 0.3) is 0 Å². The molecule has 6 aromatic rings. The van der Waals surface area contributed by atoms with Crippen LogP contribution in [0, 0.1) is 31.1 Å². The number of aliphatic hydroxyl groups excluding tert-OH is 1. The van der Waals surface area contributed by atoms with Crippen LogP contribution in [0.1, 0.15) is 78.5 Å². The second-order valence-electron chi connectivity index (χ2n) is 15.6. The summed E-state index contributed by atoms with van der Waals surface area (Å²) in [5.41, 5.74) is 12.6. The molecule has 274 valence electrons. The van der Waals surface area contributed by atoms with Crippen molar-refractivity contribution in [2.24, 2.45) is 5.92 Å². The van der Waals surface area contributed by atoms with Gasteiger partial charge in [-0.3, -0.25) is 14.8 Å². The zero-order valence-corrected chi connectivity index (χ0v) is 31.4. The molecule has 3 aromatic heterocycles. The number of likely N-dealkylation sites (tertiary alicyclic amines) is 2. The molecule has 2 N–H and O–H groups in total. The molecule has 2 atom stereocenters. The lowest BCUT2D eigenvalue weighted by molar-refractivity contribution is 0.130. The Labute approximate surface area is 316 Å². The number of anilines is 2. The minimum Gasteiger partial charge on any atom is -0.435 e. The lowest BCUT2D eigenvalue weighted by Crippen LogP contribution is -2.35. The molecule has 9 heteroatoms. The number of aromatic nitrogens is 3. The van der Waals surface area contributed by atoms with Gasteiger partial charge in [0.2, 0.25) is 5.89 Å². The maximum atomic E-state index is 10.4. The Morgan fingerprint density at radius 2 is 1.74 bits per heavy atom. The van der Waals surface area contributed by atoms with Gasteiger partial charge in [0.15, 0.2) is 11.4 Å². The Kier molecular flexibility index (Phi) is 9.14. The normalized spacial score (nSPS) is 19.5.